The number of aliphatic carboxylic acids is 1. The number of benzene rings is 2. The maximum absolute atomic E-state index is 13.0. The molecule has 0 aromatic heterocycles. The molecule has 1 heterocycles. The molecule has 2 aromatic carbocycles. The molecule has 2 aromatic rings. The fraction of sp³-hybridized carbons (Fsp3) is 0.263. The van der Waals surface area contributed by atoms with Gasteiger partial charge in [-0.25, -0.2) is 0 Å². The van der Waals surface area contributed by atoms with Gasteiger partial charge in [-0.15, -0.1) is 0 Å². The molecule has 0 bridgehead atoms. The van der Waals surface area contributed by atoms with E-state index in [-0.39, 0.29) is 11.9 Å². The van der Waals surface area contributed by atoms with Crippen molar-refractivity contribution in [2.24, 2.45) is 0 Å². The SMILES string of the molecule is CC(C)N1C(=O)c2ccccc2[C@H](C(=O)O)[C@@H]1c1ccc(Cl)cc1. The van der Waals surface area contributed by atoms with Gasteiger partial charge in [0, 0.05) is 16.6 Å². The standard InChI is InChI=1S/C19H18ClNO3/c1-11(2)21-17(12-7-9-13(20)10-8-12)16(19(23)24)14-5-3-4-6-15(14)18(21)22/h3-11,16-17H,1-2H3,(H,23,24)/t16-,17-/m0/s1. The van der Waals surface area contributed by atoms with Gasteiger partial charge >= 0.3 is 5.97 Å². The minimum absolute atomic E-state index is 0.131. The predicted octanol–water partition coefficient (Wildman–Crippen LogP) is 4.11. The first-order valence-electron chi connectivity index (χ1n) is 7.81. The second-order valence-corrected chi connectivity index (χ2v) is 6.64. The minimum Gasteiger partial charge on any atom is -0.481 e. The summed E-state index contributed by atoms with van der Waals surface area (Å²) in [5, 5.41) is 10.5. The van der Waals surface area contributed by atoms with Crippen LogP contribution in [-0.4, -0.2) is 27.9 Å². The van der Waals surface area contributed by atoms with E-state index in [1.54, 1.807) is 53.4 Å². The van der Waals surface area contributed by atoms with E-state index in [0.717, 1.165) is 5.56 Å². The molecule has 1 amide bonds. The number of carboxylic acids is 1. The number of carbonyl (C=O) groups excluding carboxylic acids is 1. The number of hydrogen-bond donors (Lipinski definition) is 1. The number of fused-ring (bicyclic) bond motifs is 1. The Hall–Kier alpha value is -2.33. The fourth-order valence-electron chi connectivity index (χ4n) is 3.40. The van der Waals surface area contributed by atoms with Crippen LogP contribution in [0.25, 0.3) is 0 Å². The Morgan fingerprint density at radius 3 is 2.33 bits per heavy atom. The summed E-state index contributed by atoms with van der Waals surface area (Å²) in [5.74, 6) is -1.90. The van der Waals surface area contributed by atoms with Crippen LogP contribution in [0.4, 0.5) is 0 Å². The molecule has 1 N–H and O–H groups in total. The lowest BCUT2D eigenvalue weighted by Crippen LogP contribution is -2.48. The monoisotopic (exact) mass is 343 g/mol. The lowest BCUT2D eigenvalue weighted by molar-refractivity contribution is -0.140. The molecule has 2 atom stereocenters. The van der Waals surface area contributed by atoms with Crippen molar-refractivity contribution in [3.05, 3.63) is 70.2 Å². The van der Waals surface area contributed by atoms with E-state index in [2.05, 4.69) is 0 Å². The van der Waals surface area contributed by atoms with Crippen molar-refractivity contribution < 1.29 is 14.7 Å². The highest BCUT2D eigenvalue weighted by Gasteiger charge is 2.45. The molecule has 1 aliphatic heterocycles. The fourth-order valence-corrected chi connectivity index (χ4v) is 3.52. The summed E-state index contributed by atoms with van der Waals surface area (Å²) in [4.78, 5) is 26.7. The van der Waals surface area contributed by atoms with Gasteiger partial charge in [0.15, 0.2) is 0 Å². The van der Waals surface area contributed by atoms with Crippen LogP contribution in [0.1, 0.15) is 47.3 Å². The zero-order chi connectivity index (χ0) is 17.4. The van der Waals surface area contributed by atoms with Gasteiger partial charge in [-0.05, 0) is 43.2 Å². The van der Waals surface area contributed by atoms with Crippen LogP contribution in [0.15, 0.2) is 48.5 Å². The summed E-state index contributed by atoms with van der Waals surface area (Å²) < 4.78 is 0. The summed E-state index contributed by atoms with van der Waals surface area (Å²) in [7, 11) is 0. The van der Waals surface area contributed by atoms with E-state index >= 15 is 0 Å². The average Bonchev–Trinajstić information content (AvgIpc) is 2.54. The van der Waals surface area contributed by atoms with E-state index < -0.39 is 17.9 Å². The topological polar surface area (TPSA) is 57.6 Å². The molecule has 1 aliphatic rings. The Bertz CT molecular complexity index is 785. The first-order chi connectivity index (χ1) is 11.4. The van der Waals surface area contributed by atoms with Gasteiger partial charge in [-0.2, -0.15) is 0 Å². The Morgan fingerprint density at radius 1 is 1.12 bits per heavy atom. The van der Waals surface area contributed by atoms with Crippen LogP contribution in [-0.2, 0) is 4.79 Å². The molecule has 0 radical (unpaired) electrons. The number of rotatable bonds is 3. The van der Waals surface area contributed by atoms with Crippen LogP contribution < -0.4 is 0 Å². The molecule has 0 saturated carbocycles. The predicted molar refractivity (Wildman–Crippen MR) is 92.3 cm³/mol. The van der Waals surface area contributed by atoms with Crippen molar-refractivity contribution in [1.82, 2.24) is 4.90 Å². The molecule has 0 saturated heterocycles. The van der Waals surface area contributed by atoms with E-state index in [1.807, 2.05) is 13.8 Å². The van der Waals surface area contributed by atoms with Crippen LogP contribution in [0.5, 0.6) is 0 Å². The van der Waals surface area contributed by atoms with Crippen molar-refractivity contribution in [2.75, 3.05) is 0 Å². The number of amides is 1. The summed E-state index contributed by atoms with van der Waals surface area (Å²) in [6.07, 6.45) is 0. The number of carbonyl (C=O) groups is 2. The lowest BCUT2D eigenvalue weighted by atomic mass is 9.79. The van der Waals surface area contributed by atoms with Crippen molar-refractivity contribution in [2.45, 2.75) is 31.8 Å². The molecule has 0 aliphatic carbocycles. The maximum atomic E-state index is 13.0. The van der Waals surface area contributed by atoms with Crippen LogP contribution in [0.3, 0.4) is 0 Å². The highest BCUT2D eigenvalue weighted by atomic mass is 35.5. The number of nitrogens with zero attached hydrogens (tertiary/aromatic N) is 1. The quantitative estimate of drug-likeness (QED) is 0.912. The van der Waals surface area contributed by atoms with Crippen molar-refractivity contribution in [3.8, 4) is 0 Å². The third-order valence-electron chi connectivity index (χ3n) is 4.41. The molecule has 4 nitrogen and oxygen atoms in total. The van der Waals surface area contributed by atoms with E-state index in [1.165, 1.54) is 0 Å². The molecule has 24 heavy (non-hydrogen) atoms. The van der Waals surface area contributed by atoms with Crippen LogP contribution in [0.2, 0.25) is 5.02 Å². The van der Waals surface area contributed by atoms with Crippen molar-refractivity contribution in [1.29, 1.82) is 0 Å². The first kappa shape index (κ1) is 16.5. The van der Waals surface area contributed by atoms with E-state index in [9.17, 15) is 14.7 Å². The molecular formula is C19H18ClNO3. The second-order valence-electron chi connectivity index (χ2n) is 6.21. The van der Waals surface area contributed by atoms with Crippen molar-refractivity contribution >= 4 is 23.5 Å². The van der Waals surface area contributed by atoms with Crippen LogP contribution in [0, 0.1) is 0 Å². The van der Waals surface area contributed by atoms with E-state index in [4.69, 9.17) is 11.6 Å². The highest BCUT2D eigenvalue weighted by Crippen LogP contribution is 2.43. The maximum Gasteiger partial charge on any atom is 0.313 e. The number of hydrogen-bond acceptors (Lipinski definition) is 2. The van der Waals surface area contributed by atoms with Crippen molar-refractivity contribution in [3.63, 3.8) is 0 Å². The number of halogens is 1. The van der Waals surface area contributed by atoms with Gasteiger partial charge in [0.1, 0.15) is 5.92 Å². The smallest absolute Gasteiger partial charge is 0.313 e. The Balaban J connectivity index is 2.24. The first-order valence-corrected chi connectivity index (χ1v) is 8.19. The molecule has 5 heteroatoms. The van der Waals surface area contributed by atoms with Crippen LogP contribution >= 0.6 is 11.6 Å². The normalized spacial score (nSPS) is 20.2. The summed E-state index contributed by atoms with van der Waals surface area (Å²) >= 11 is 5.96. The number of carboxylic acid groups (broad SMARTS) is 1. The average molecular weight is 344 g/mol. The van der Waals surface area contributed by atoms with Gasteiger partial charge in [0.2, 0.25) is 0 Å². The molecule has 0 unspecified atom stereocenters. The largest absolute Gasteiger partial charge is 0.481 e. The van der Waals surface area contributed by atoms with Gasteiger partial charge in [-0.3, -0.25) is 9.59 Å². The zero-order valence-electron chi connectivity index (χ0n) is 13.4. The van der Waals surface area contributed by atoms with E-state index in [0.29, 0.717) is 16.1 Å². The van der Waals surface area contributed by atoms with Gasteiger partial charge in [0.05, 0.1) is 6.04 Å². The van der Waals surface area contributed by atoms with Gasteiger partial charge < -0.3 is 10.0 Å². The third-order valence-corrected chi connectivity index (χ3v) is 4.66. The Kier molecular flexibility index (Phi) is 4.33. The second kappa shape index (κ2) is 6.29. The summed E-state index contributed by atoms with van der Waals surface area (Å²) in [6, 6.07) is 13.3. The molecule has 0 fully saturated rings. The molecule has 3 rings (SSSR count). The summed E-state index contributed by atoms with van der Waals surface area (Å²) in [5.41, 5.74) is 1.79. The van der Waals surface area contributed by atoms with Gasteiger partial charge in [0.25, 0.3) is 5.91 Å². The van der Waals surface area contributed by atoms with Gasteiger partial charge in [-0.1, -0.05) is 41.9 Å². The third kappa shape index (κ3) is 2.67. The molecule has 124 valence electrons. The lowest BCUT2D eigenvalue weighted by Gasteiger charge is -2.43. The zero-order valence-corrected chi connectivity index (χ0v) is 14.2. The minimum atomic E-state index is -0.944. The Labute approximate surface area is 145 Å². The summed E-state index contributed by atoms with van der Waals surface area (Å²) in [6.45, 7) is 3.79. The highest BCUT2D eigenvalue weighted by molar-refractivity contribution is 6.30. The molecule has 0 spiro atoms. The molecular weight excluding hydrogens is 326 g/mol. The Morgan fingerprint density at radius 2 is 1.75 bits per heavy atom.